The molecule has 6 nitrogen and oxygen atoms in total. The number of hydrogen-bond donors (Lipinski definition) is 0. The van der Waals surface area contributed by atoms with Crippen LogP contribution in [0.4, 0.5) is 0 Å². The minimum absolute atomic E-state index is 0.0957. The maximum absolute atomic E-state index is 12.7. The second-order valence-electron chi connectivity index (χ2n) is 16.4. The third-order valence-electron chi connectivity index (χ3n) is 10.5. The Labute approximate surface area is 364 Å². The third kappa shape index (κ3) is 46.0. The van der Waals surface area contributed by atoms with E-state index in [2.05, 4.69) is 81.5 Å². The second-order valence-corrected chi connectivity index (χ2v) is 16.4. The lowest BCUT2D eigenvalue weighted by molar-refractivity contribution is -0.167. The molecule has 0 heterocycles. The fourth-order valence-corrected chi connectivity index (χ4v) is 6.72. The van der Waals surface area contributed by atoms with Gasteiger partial charge in [0.25, 0.3) is 0 Å². The Morgan fingerprint density at radius 1 is 0.339 bits per heavy atom. The van der Waals surface area contributed by atoms with Crippen LogP contribution in [0.3, 0.4) is 0 Å². The van der Waals surface area contributed by atoms with Gasteiger partial charge in [-0.3, -0.25) is 14.4 Å². The maximum atomic E-state index is 12.7. The summed E-state index contributed by atoms with van der Waals surface area (Å²) in [4.78, 5) is 37.8. The third-order valence-corrected chi connectivity index (χ3v) is 10.5. The molecule has 0 radical (unpaired) electrons. The molecule has 0 aliphatic heterocycles. The zero-order valence-corrected chi connectivity index (χ0v) is 38.8. The molecule has 0 rings (SSSR count). The molecule has 0 aromatic carbocycles. The van der Waals surface area contributed by atoms with Crippen LogP contribution in [0.15, 0.2) is 60.8 Å². The topological polar surface area (TPSA) is 78.9 Å². The molecule has 0 aromatic rings. The van der Waals surface area contributed by atoms with Crippen molar-refractivity contribution in [3.63, 3.8) is 0 Å². The number of carbonyl (C=O) groups excluding carboxylic acids is 3. The molecular formula is C53H92O6. The average molecular weight is 825 g/mol. The molecule has 0 saturated heterocycles. The van der Waals surface area contributed by atoms with Crippen LogP contribution in [0.2, 0.25) is 0 Å². The van der Waals surface area contributed by atoms with Crippen molar-refractivity contribution >= 4 is 17.9 Å². The molecule has 0 fully saturated rings. The first-order chi connectivity index (χ1) is 29.0. The Bertz CT molecular complexity index is 1090. The lowest BCUT2D eigenvalue weighted by atomic mass is 10.1. The minimum Gasteiger partial charge on any atom is -0.462 e. The summed E-state index contributed by atoms with van der Waals surface area (Å²) in [5.41, 5.74) is 0. The molecule has 59 heavy (non-hydrogen) atoms. The number of esters is 3. The summed E-state index contributed by atoms with van der Waals surface area (Å²) in [6, 6.07) is 0. The number of rotatable bonds is 44. The van der Waals surface area contributed by atoms with E-state index in [0.717, 1.165) is 77.0 Å². The quantitative estimate of drug-likeness (QED) is 0.0263. The number of allylic oxidation sites excluding steroid dienone is 10. The predicted molar refractivity (Wildman–Crippen MR) is 251 cm³/mol. The van der Waals surface area contributed by atoms with Crippen LogP contribution in [0.25, 0.3) is 0 Å². The van der Waals surface area contributed by atoms with Gasteiger partial charge in [0.1, 0.15) is 13.2 Å². The molecule has 340 valence electrons. The number of hydrogen-bond acceptors (Lipinski definition) is 6. The van der Waals surface area contributed by atoms with Crippen molar-refractivity contribution in [3.8, 4) is 0 Å². The van der Waals surface area contributed by atoms with Crippen LogP contribution in [0.1, 0.15) is 239 Å². The SMILES string of the molecule is CCCCC/C=C\C/C=C\C/C=C\C/C=C\CCCC(=O)OCC(COC(=O)CCCCCCCCCCCCC)OC(=O)CCCCC/C=C\CCCCCCCC. The molecule has 0 aromatic heterocycles. The normalized spacial score (nSPS) is 12.5. The van der Waals surface area contributed by atoms with E-state index in [1.165, 1.54) is 116 Å². The van der Waals surface area contributed by atoms with E-state index in [0.29, 0.717) is 19.3 Å². The molecule has 6 heteroatoms. The van der Waals surface area contributed by atoms with Crippen molar-refractivity contribution in [1.29, 1.82) is 0 Å². The Hall–Kier alpha value is -2.89. The van der Waals surface area contributed by atoms with Crippen molar-refractivity contribution in [1.82, 2.24) is 0 Å². The molecule has 0 amide bonds. The summed E-state index contributed by atoms with van der Waals surface area (Å²) in [5.74, 6) is -0.970. The fourth-order valence-electron chi connectivity index (χ4n) is 6.72. The summed E-state index contributed by atoms with van der Waals surface area (Å²) in [7, 11) is 0. The first kappa shape index (κ1) is 56.1. The summed E-state index contributed by atoms with van der Waals surface area (Å²) in [6.45, 7) is 6.53. The van der Waals surface area contributed by atoms with Crippen LogP contribution < -0.4 is 0 Å². The highest BCUT2D eigenvalue weighted by Gasteiger charge is 2.19. The minimum atomic E-state index is -0.800. The summed E-state index contributed by atoms with van der Waals surface area (Å²) < 4.78 is 16.7. The first-order valence-electron chi connectivity index (χ1n) is 24.8. The lowest BCUT2D eigenvalue weighted by Crippen LogP contribution is -2.30. The molecule has 0 spiro atoms. The van der Waals surface area contributed by atoms with E-state index in [4.69, 9.17) is 14.2 Å². The van der Waals surface area contributed by atoms with Gasteiger partial charge in [-0.05, 0) is 83.5 Å². The Morgan fingerprint density at radius 2 is 0.627 bits per heavy atom. The highest BCUT2D eigenvalue weighted by Crippen LogP contribution is 2.14. The van der Waals surface area contributed by atoms with Crippen LogP contribution in [-0.2, 0) is 28.6 Å². The van der Waals surface area contributed by atoms with E-state index in [-0.39, 0.29) is 37.5 Å². The largest absolute Gasteiger partial charge is 0.462 e. The Balaban J connectivity index is 4.47. The van der Waals surface area contributed by atoms with Crippen molar-refractivity contribution in [2.75, 3.05) is 13.2 Å². The van der Waals surface area contributed by atoms with Crippen molar-refractivity contribution in [2.45, 2.75) is 245 Å². The van der Waals surface area contributed by atoms with Crippen LogP contribution in [0.5, 0.6) is 0 Å². The predicted octanol–water partition coefficient (Wildman–Crippen LogP) is 16.1. The highest BCUT2D eigenvalue weighted by atomic mass is 16.6. The summed E-state index contributed by atoms with van der Waals surface area (Å²) in [6.07, 6.45) is 57.8. The standard InChI is InChI=1S/C53H92O6/c1-4-7-10-13-16-19-22-24-25-26-27-29-31-34-37-40-43-46-52(55)58-49-50(48-57-51(54)45-42-39-36-33-30-21-18-15-12-9-6-3)59-53(56)47-44-41-38-35-32-28-23-20-17-14-11-8-5-2/h16,19,24-25,27-29,32,34,37,50H,4-15,17-18,20-23,26,30-31,33,35-36,38-49H2,1-3H3/b19-16-,25-24-,29-27-,32-28-,37-34-. The van der Waals surface area contributed by atoms with Crippen LogP contribution >= 0.6 is 0 Å². The van der Waals surface area contributed by atoms with Gasteiger partial charge in [-0.2, -0.15) is 0 Å². The van der Waals surface area contributed by atoms with E-state index >= 15 is 0 Å². The van der Waals surface area contributed by atoms with Crippen LogP contribution in [0, 0.1) is 0 Å². The second kappa shape index (κ2) is 47.8. The molecule has 0 N–H and O–H groups in total. The maximum Gasteiger partial charge on any atom is 0.306 e. The monoisotopic (exact) mass is 825 g/mol. The molecule has 1 atom stereocenters. The van der Waals surface area contributed by atoms with Gasteiger partial charge in [0.05, 0.1) is 0 Å². The molecular weight excluding hydrogens is 733 g/mol. The van der Waals surface area contributed by atoms with Crippen molar-refractivity contribution in [2.24, 2.45) is 0 Å². The number of unbranched alkanes of at least 4 members (excludes halogenated alkanes) is 23. The molecule has 0 aliphatic rings. The van der Waals surface area contributed by atoms with Gasteiger partial charge < -0.3 is 14.2 Å². The van der Waals surface area contributed by atoms with Gasteiger partial charge in [-0.1, -0.05) is 197 Å². The molecule has 0 saturated carbocycles. The van der Waals surface area contributed by atoms with Gasteiger partial charge in [-0.25, -0.2) is 0 Å². The zero-order valence-electron chi connectivity index (χ0n) is 38.8. The van der Waals surface area contributed by atoms with Gasteiger partial charge in [0.2, 0.25) is 0 Å². The van der Waals surface area contributed by atoms with Crippen LogP contribution in [-0.4, -0.2) is 37.2 Å². The Kier molecular flexibility index (Phi) is 45.4. The molecule has 1 unspecified atom stereocenters. The van der Waals surface area contributed by atoms with E-state index < -0.39 is 6.10 Å². The van der Waals surface area contributed by atoms with Gasteiger partial charge in [0, 0.05) is 19.3 Å². The van der Waals surface area contributed by atoms with Gasteiger partial charge in [-0.15, -0.1) is 0 Å². The number of carbonyl (C=O) groups is 3. The van der Waals surface area contributed by atoms with E-state index in [1.54, 1.807) is 0 Å². The Morgan fingerprint density at radius 3 is 1.08 bits per heavy atom. The van der Waals surface area contributed by atoms with Crippen molar-refractivity contribution < 1.29 is 28.6 Å². The lowest BCUT2D eigenvalue weighted by Gasteiger charge is -2.18. The van der Waals surface area contributed by atoms with Crippen molar-refractivity contribution in [3.05, 3.63) is 60.8 Å². The summed E-state index contributed by atoms with van der Waals surface area (Å²) in [5, 5.41) is 0. The molecule has 0 bridgehead atoms. The zero-order chi connectivity index (χ0) is 43.0. The number of ether oxygens (including phenoxy) is 3. The summed E-state index contributed by atoms with van der Waals surface area (Å²) >= 11 is 0. The molecule has 0 aliphatic carbocycles. The van der Waals surface area contributed by atoms with E-state index in [1.807, 2.05) is 0 Å². The smallest absolute Gasteiger partial charge is 0.306 e. The fraction of sp³-hybridized carbons (Fsp3) is 0.755. The average Bonchev–Trinajstić information content (AvgIpc) is 3.23. The van der Waals surface area contributed by atoms with E-state index in [9.17, 15) is 14.4 Å². The van der Waals surface area contributed by atoms with Gasteiger partial charge >= 0.3 is 17.9 Å². The first-order valence-corrected chi connectivity index (χ1v) is 24.8. The van der Waals surface area contributed by atoms with Gasteiger partial charge in [0.15, 0.2) is 6.10 Å². The highest BCUT2D eigenvalue weighted by molar-refractivity contribution is 5.71.